The van der Waals surface area contributed by atoms with Crippen LogP contribution in [0.1, 0.15) is 5.56 Å². The average molecular weight is 376 g/mol. The van der Waals surface area contributed by atoms with Crippen LogP contribution in [-0.2, 0) is 0 Å². The first-order valence-electron chi connectivity index (χ1n) is 9.56. The second-order valence-electron chi connectivity index (χ2n) is 7.58. The monoisotopic (exact) mass is 375 g/mol. The van der Waals surface area contributed by atoms with Crippen LogP contribution in [0.4, 0.5) is 0 Å². The molecular weight excluding hydrogens is 356 g/mol. The van der Waals surface area contributed by atoms with Gasteiger partial charge in [0.2, 0.25) is 0 Å². The van der Waals surface area contributed by atoms with Crippen molar-refractivity contribution in [3.05, 3.63) is 103 Å². The van der Waals surface area contributed by atoms with Crippen molar-refractivity contribution in [2.45, 2.75) is 6.92 Å². The van der Waals surface area contributed by atoms with E-state index in [-0.39, 0.29) is 0 Å². The highest BCUT2D eigenvalue weighted by atomic mass is 28.3. The standard InChI is InChI=1S/C25H19Si2/c1-18-10-2-6-14-22(18)27-23-15-7-3-11-19(23)26(20-12-4-8-16-24(20)27)21-13-5-9-17-25(21)27/h2-17H,1H3. The van der Waals surface area contributed by atoms with Gasteiger partial charge in [0.05, 0.1) is 0 Å². The van der Waals surface area contributed by atoms with Gasteiger partial charge in [-0.15, -0.1) is 0 Å². The third-order valence-electron chi connectivity index (χ3n) is 6.35. The molecule has 4 aromatic rings. The number of hydrogen-bond donors (Lipinski definition) is 0. The molecule has 0 N–H and O–H groups in total. The lowest BCUT2D eigenvalue weighted by molar-refractivity contribution is 1.50. The highest BCUT2D eigenvalue weighted by Crippen LogP contribution is 2.17. The quantitative estimate of drug-likeness (QED) is 0.368. The van der Waals surface area contributed by atoms with Gasteiger partial charge in [-0.1, -0.05) is 118 Å². The predicted molar refractivity (Wildman–Crippen MR) is 119 cm³/mol. The van der Waals surface area contributed by atoms with E-state index in [1.807, 2.05) is 0 Å². The Morgan fingerprint density at radius 1 is 0.481 bits per heavy atom. The molecule has 0 unspecified atom stereocenters. The van der Waals surface area contributed by atoms with E-state index in [1.165, 1.54) is 5.56 Å². The molecule has 1 radical (unpaired) electrons. The van der Waals surface area contributed by atoms with Gasteiger partial charge in [-0.2, -0.15) is 0 Å². The third kappa shape index (κ3) is 1.77. The van der Waals surface area contributed by atoms with Crippen molar-refractivity contribution in [2.24, 2.45) is 0 Å². The summed E-state index contributed by atoms with van der Waals surface area (Å²) in [5, 5.41) is 11.3. The van der Waals surface area contributed by atoms with E-state index in [9.17, 15) is 0 Å². The molecule has 0 fully saturated rings. The van der Waals surface area contributed by atoms with E-state index in [2.05, 4.69) is 104 Å². The van der Waals surface area contributed by atoms with Crippen LogP contribution in [0, 0.1) is 6.92 Å². The number of hydrogen-bond acceptors (Lipinski definition) is 0. The van der Waals surface area contributed by atoms with Crippen molar-refractivity contribution in [1.82, 2.24) is 0 Å². The molecule has 0 amide bonds. The minimum Gasteiger partial charge on any atom is -0.0625 e. The molecule has 0 saturated carbocycles. The topological polar surface area (TPSA) is 0 Å². The molecule has 127 valence electrons. The van der Waals surface area contributed by atoms with Crippen molar-refractivity contribution >= 4 is 53.2 Å². The van der Waals surface area contributed by atoms with E-state index in [1.54, 1.807) is 36.3 Å². The zero-order valence-electron chi connectivity index (χ0n) is 15.2. The first-order valence-corrected chi connectivity index (χ1v) is 13.1. The van der Waals surface area contributed by atoms with Gasteiger partial charge in [-0.05, 0) is 27.7 Å². The summed E-state index contributed by atoms with van der Waals surface area (Å²) in [6.45, 7) is 2.29. The van der Waals surface area contributed by atoms with Gasteiger partial charge in [-0.3, -0.25) is 0 Å². The Morgan fingerprint density at radius 3 is 1.30 bits per heavy atom. The second-order valence-corrected chi connectivity index (χ2v) is 13.6. The van der Waals surface area contributed by atoms with Gasteiger partial charge >= 0.3 is 0 Å². The van der Waals surface area contributed by atoms with E-state index in [4.69, 9.17) is 0 Å². The van der Waals surface area contributed by atoms with Gasteiger partial charge < -0.3 is 0 Å². The van der Waals surface area contributed by atoms with Gasteiger partial charge in [0.25, 0.3) is 0 Å². The molecule has 0 aromatic heterocycles. The molecular formula is C25H19Si2. The third-order valence-corrected chi connectivity index (χ3v) is 15.1. The summed E-state index contributed by atoms with van der Waals surface area (Å²) in [5.41, 5.74) is 1.42. The normalized spacial score (nSPS) is 15.7. The van der Waals surface area contributed by atoms with E-state index in [0.29, 0.717) is 0 Å². The average Bonchev–Trinajstić information content (AvgIpc) is 2.74. The van der Waals surface area contributed by atoms with Crippen molar-refractivity contribution in [3.63, 3.8) is 0 Å². The lowest BCUT2D eigenvalue weighted by atomic mass is 10.2. The first-order chi connectivity index (χ1) is 13.3. The molecule has 2 bridgehead atoms. The Balaban J connectivity index is 1.89. The van der Waals surface area contributed by atoms with Crippen molar-refractivity contribution in [3.8, 4) is 0 Å². The van der Waals surface area contributed by atoms with Crippen LogP contribution in [-0.4, -0.2) is 16.9 Å². The minimum atomic E-state index is -2.25. The highest BCUT2D eigenvalue weighted by Gasteiger charge is 2.55. The van der Waals surface area contributed by atoms with Gasteiger partial charge in [0.15, 0.2) is 16.9 Å². The maximum absolute atomic E-state index is 2.44. The van der Waals surface area contributed by atoms with Crippen LogP contribution in [0.5, 0.6) is 0 Å². The second kappa shape index (κ2) is 5.41. The van der Waals surface area contributed by atoms with Crippen LogP contribution in [0.15, 0.2) is 97.1 Å². The molecule has 3 aliphatic heterocycles. The molecule has 3 heterocycles. The fourth-order valence-electron chi connectivity index (χ4n) is 5.38. The molecule has 4 aromatic carbocycles. The van der Waals surface area contributed by atoms with Crippen LogP contribution >= 0.6 is 0 Å². The zero-order chi connectivity index (χ0) is 18.0. The largest absolute Gasteiger partial charge is 0.179 e. The van der Waals surface area contributed by atoms with Crippen LogP contribution in [0.2, 0.25) is 0 Å². The van der Waals surface area contributed by atoms with E-state index < -0.39 is 16.9 Å². The molecule has 2 heteroatoms. The fourth-order valence-corrected chi connectivity index (χ4v) is 16.2. The summed E-state index contributed by atoms with van der Waals surface area (Å²) in [4.78, 5) is 0. The summed E-state index contributed by atoms with van der Waals surface area (Å²) in [5.74, 6) is 0. The number of benzene rings is 4. The summed E-state index contributed by atoms with van der Waals surface area (Å²) in [6, 6.07) is 37.1. The zero-order valence-corrected chi connectivity index (χ0v) is 17.2. The van der Waals surface area contributed by atoms with Crippen LogP contribution in [0.3, 0.4) is 0 Å². The van der Waals surface area contributed by atoms with Crippen molar-refractivity contribution in [2.75, 3.05) is 0 Å². The SMILES string of the molecule is Cc1ccccc1[Si]12c3ccccc3[Si](c3ccccc31)c1ccccc12. The first kappa shape index (κ1) is 15.4. The lowest BCUT2D eigenvalue weighted by Gasteiger charge is -2.49. The summed E-state index contributed by atoms with van der Waals surface area (Å²) < 4.78 is 0. The summed E-state index contributed by atoms with van der Waals surface area (Å²) >= 11 is 0. The summed E-state index contributed by atoms with van der Waals surface area (Å²) in [6.07, 6.45) is 0. The van der Waals surface area contributed by atoms with Gasteiger partial charge in [0, 0.05) is 0 Å². The predicted octanol–water partition coefficient (Wildman–Crippen LogP) is 0.515. The van der Waals surface area contributed by atoms with Crippen molar-refractivity contribution < 1.29 is 0 Å². The Morgan fingerprint density at radius 2 is 0.852 bits per heavy atom. The fraction of sp³-hybridized carbons (Fsp3) is 0.0400. The van der Waals surface area contributed by atoms with E-state index in [0.717, 1.165) is 0 Å². The maximum Gasteiger partial charge on any atom is 0.179 e. The molecule has 0 spiro atoms. The summed E-state index contributed by atoms with van der Waals surface area (Å²) in [7, 11) is -3.16. The van der Waals surface area contributed by atoms with Crippen molar-refractivity contribution in [1.29, 1.82) is 0 Å². The molecule has 7 rings (SSSR count). The Hall–Kier alpha value is -2.69. The Labute approximate surface area is 162 Å². The maximum atomic E-state index is 2.44. The van der Waals surface area contributed by atoms with Crippen LogP contribution < -0.4 is 36.3 Å². The molecule has 0 saturated heterocycles. The molecule has 0 nitrogen and oxygen atoms in total. The molecule has 0 atom stereocenters. The van der Waals surface area contributed by atoms with E-state index >= 15 is 0 Å². The van der Waals surface area contributed by atoms with Gasteiger partial charge in [-0.25, -0.2) is 0 Å². The number of aryl methyl sites for hydroxylation is 1. The minimum absolute atomic E-state index is 0.914. The lowest BCUT2D eigenvalue weighted by Crippen LogP contribution is -2.94. The van der Waals surface area contributed by atoms with Crippen LogP contribution in [0.25, 0.3) is 0 Å². The smallest absolute Gasteiger partial charge is 0.0625 e. The molecule has 0 aliphatic carbocycles. The molecule has 27 heavy (non-hydrogen) atoms. The highest BCUT2D eigenvalue weighted by molar-refractivity contribution is 7.31. The Kier molecular flexibility index (Phi) is 3.08. The van der Waals surface area contributed by atoms with Gasteiger partial charge in [0.1, 0.15) is 0 Å². The number of rotatable bonds is 1. The molecule has 3 aliphatic rings. The Bertz CT molecular complexity index is 1070.